The molecule has 0 spiro atoms. The molecule has 1 atom stereocenters. The summed E-state index contributed by atoms with van der Waals surface area (Å²) in [6.45, 7) is 0.582. The molecule has 0 amide bonds. The van der Waals surface area contributed by atoms with Gasteiger partial charge in [0.25, 0.3) is 0 Å². The van der Waals surface area contributed by atoms with Crippen molar-refractivity contribution in [2.45, 2.75) is 38.2 Å². The van der Waals surface area contributed by atoms with Crippen molar-refractivity contribution in [3.8, 4) is 11.5 Å². The van der Waals surface area contributed by atoms with E-state index in [1.54, 1.807) is 7.11 Å². The van der Waals surface area contributed by atoms with Gasteiger partial charge in [-0.2, -0.15) is 0 Å². The van der Waals surface area contributed by atoms with Gasteiger partial charge >= 0.3 is 0 Å². The number of benzene rings is 2. The standard InChI is InChI=1S/C20H23O2/c1-21-20-14-18(22-15-16-8-4-2-5-9-16)12-13-19(20)17-10-6-3-7-11-17/h2,4-5,8-10,12-14,17H,3,6-7,11,15H2,1H3. The average Bonchev–Trinajstić information content (AvgIpc) is 2.61. The molecule has 0 saturated heterocycles. The number of hydrogen-bond donors (Lipinski definition) is 0. The normalized spacial score (nSPS) is 15.5. The monoisotopic (exact) mass is 295 g/mol. The molecule has 0 bridgehead atoms. The molecule has 22 heavy (non-hydrogen) atoms. The molecule has 1 fully saturated rings. The molecule has 2 heteroatoms. The van der Waals surface area contributed by atoms with Crippen molar-refractivity contribution in [2.24, 2.45) is 0 Å². The zero-order chi connectivity index (χ0) is 15.2. The SMILES string of the molecule is COc1cc(OCc2ccccc2)ccc1C1[CH]CCCC1. The third kappa shape index (κ3) is 3.62. The molecule has 1 radical (unpaired) electrons. The molecule has 3 rings (SSSR count). The quantitative estimate of drug-likeness (QED) is 0.760. The first-order valence-electron chi connectivity index (χ1n) is 8.05. The summed E-state index contributed by atoms with van der Waals surface area (Å²) >= 11 is 0. The van der Waals surface area contributed by atoms with E-state index in [0.717, 1.165) is 11.5 Å². The van der Waals surface area contributed by atoms with Gasteiger partial charge in [0.15, 0.2) is 0 Å². The minimum Gasteiger partial charge on any atom is -0.496 e. The number of methoxy groups -OCH3 is 1. The summed E-state index contributed by atoms with van der Waals surface area (Å²) in [7, 11) is 1.74. The Morgan fingerprint density at radius 2 is 1.91 bits per heavy atom. The predicted molar refractivity (Wildman–Crippen MR) is 89.3 cm³/mol. The first-order valence-corrected chi connectivity index (χ1v) is 8.05. The van der Waals surface area contributed by atoms with E-state index in [9.17, 15) is 0 Å². The fraction of sp³-hybridized carbons (Fsp3) is 0.350. The van der Waals surface area contributed by atoms with E-state index < -0.39 is 0 Å². The van der Waals surface area contributed by atoms with Crippen LogP contribution in [0.2, 0.25) is 0 Å². The first-order chi connectivity index (χ1) is 10.9. The van der Waals surface area contributed by atoms with Crippen LogP contribution in [0.25, 0.3) is 0 Å². The molecular formula is C20H23O2. The Bertz CT molecular complexity index is 586. The van der Waals surface area contributed by atoms with Crippen molar-refractivity contribution in [2.75, 3.05) is 7.11 Å². The highest BCUT2D eigenvalue weighted by Crippen LogP contribution is 2.38. The van der Waals surface area contributed by atoms with E-state index in [2.05, 4.69) is 30.7 Å². The summed E-state index contributed by atoms with van der Waals surface area (Å²) < 4.78 is 11.5. The van der Waals surface area contributed by atoms with Crippen molar-refractivity contribution in [3.05, 3.63) is 66.1 Å². The van der Waals surface area contributed by atoms with Gasteiger partial charge in [0.05, 0.1) is 7.11 Å². The second kappa shape index (κ2) is 7.35. The Morgan fingerprint density at radius 1 is 1.05 bits per heavy atom. The van der Waals surface area contributed by atoms with Crippen LogP contribution in [0.15, 0.2) is 48.5 Å². The highest BCUT2D eigenvalue weighted by molar-refractivity contribution is 5.44. The van der Waals surface area contributed by atoms with Crippen LogP contribution in [-0.4, -0.2) is 7.11 Å². The molecule has 115 valence electrons. The highest BCUT2D eigenvalue weighted by atomic mass is 16.5. The van der Waals surface area contributed by atoms with E-state index in [4.69, 9.17) is 9.47 Å². The molecule has 2 aromatic rings. The van der Waals surface area contributed by atoms with E-state index in [0.29, 0.717) is 12.5 Å². The summed E-state index contributed by atoms with van der Waals surface area (Å²) in [4.78, 5) is 0. The lowest BCUT2D eigenvalue weighted by Gasteiger charge is -2.23. The van der Waals surface area contributed by atoms with E-state index >= 15 is 0 Å². The smallest absolute Gasteiger partial charge is 0.126 e. The van der Waals surface area contributed by atoms with Crippen LogP contribution in [0.3, 0.4) is 0 Å². The lowest BCUT2D eigenvalue weighted by molar-refractivity contribution is 0.303. The van der Waals surface area contributed by atoms with Crippen LogP contribution in [0.4, 0.5) is 0 Å². The van der Waals surface area contributed by atoms with E-state index in [-0.39, 0.29) is 0 Å². The van der Waals surface area contributed by atoms with Crippen molar-refractivity contribution >= 4 is 0 Å². The third-order valence-corrected chi connectivity index (χ3v) is 4.27. The lowest BCUT2D eigenvalue weighted by Crippen LogP contribution is -2.07. The Kier molecular flexibility index (Phi) is 4.99. The van der Waals surface area contributed by atoms with Gasteiger partial charge in [-0.3, -0.25) is 0 Å². The molecule has 1 saturated carbocycles. The van der Waals surface area contributed by atoms with Crippen molar-refractivity contribution in [1.82, 2.24) is 0 Å². The Balaban J connectivity index is 1.71. The van der Waals surface area contributed by atoms with Crippen LogP contribution in [0.5, 0.6) is 11.5 Å². The first kappa shape index (κ1) is 15.0. The number of hydrogen-bond acceptors (Lipinski definition) is 2. The molecular weight excluding hydrogens is 272 g/mol. The molecule has 0 aliphatic heterocycles. The van der Waals surface area contributed by atoms with Crippen LogP contribution in [-0.2, 0) is 6.61 Å². The van der Waals surface area contributed by atoms with Gasteiger partial charge in [0, 0.05) is 6.07 Å². The molecule has 2 aromatic carbocycles. The largest absolute Gasteiger partial charge is 0.496 e. The average molecular weight is 295 g/mol. The van der Waals surface area contributed by atoms with Gasteiger partial charge in [0.1, 0.15) is 18.1 Å². The zero-order valence-corrected chi connectivity index (χ0v) is 13.1. The van der Waals surface area contributed by atoms with Crippen LogP contribution >= 0.6 is 0 Å². The molecule has 2 nitrogen and oxygen atoms in total. The predicted octanol–water partition coefficient (Wildman–Crippen LogP) is 5.14. The summed E-state index contributed by atoms with van der Waals surface area (Å²) in [5.41, 5.74) is 2.46. The molecule has 0 N–H and O–H groups in total. The van der Waals surface area contributed by atoms with Crippen molar-refractivity contribution < 1.29 is 9.47 Å². The Hall–Kier alpha value is -1.96. The molecule has 1 aliphatic rings. The van der Waals surface area contributed by atoms with Gasteiger partial charge in [0.2, 0.25) is 0 Å². The fourth-order valence-corrected chi connectivity index (χ4v) is 3.06. The Labute approximate surface area is 133 Å². The minimum absolute atomic E-state index is 0.520. The van der Waals surface area contributed by atoms with Crippen LogP contribution in [0.1, 0.15) is 42.7 Å². The van der Waals surface area contributed by atoms with Crippen LogP contribution < -0.4 is 9.47 Å². The van der Waals surface area contributed by atoms with Crippen LogP contribution in [0, 0.1) is 6.42 Å². The van der Waals surface area contributed by atoms with Crippen molar-refractivity contribution in [1.29, 1.82) is 0 Å². The summed E-state index contributed by atoms with van der Waals surface area (Å²) in [5.74, 6) is 2.32. The number of ether oxygens (including phenoxy) is 2. The Morgan fingerprint density at radius 3 is 2.64 bits per heavy atom. The maximum absolute atomic E-state index is 5.89. The molecule has 1 aliphatic carbocycles. The van der Waals surface area contributed by atoms with Crippen molar-refractivity contribution in [3.63, 3.8) is 0 Å². The van der Waals surface area contributed by atoms with Gasteiger partial charge < -0.3 is 9.47 Å². The third-order valence-electron chi connectivity index (χ3n) is 4.27. The second-order valence-corrected chi connectivity index (χ2v) is 5.80. The van der Waals surface area contributed by atoms with Gasteiger partial charge in [-0.15, -0.1) is 0 Å². The molecule has 0 aromatic heterocycles. The summed E-state index contributed by atoms with van der Waals surface area (Å²) in [5, 5.41) is 0. The van der Waals surface area contributed by atoms with E-state index in [1.165, 1.54) is 36.8 Å². The maximum atomic E-state index is 5.89. The molecule has 0 heterocycles. The van der Waals surface area contributed by atoms with Gasteiger partial charge in [-0.05, 0) is 42.4 Å². The zero-order valence-electron chi connectivity index (χ0n) is 13.1. The molecule has 1 unspecified atom stereocenters. The lowest BCUT2D eigenvalue weighted by atomic mass is 9.83. The fourth-order valence-electron chi connectivity index (χ4n) is 3.06. The topological polar surface area (TPSA) is 18.5 Å². The minimum atomic E-state index is 0.520. The van der Waals surface area contributed by atoms with Gasteiger partial charge in [-0.1, -0.05) is 49.2 Å². The second-order valence-electron chi connectivity index (χ2n) is 5.80. The maximum Gasteiger partial charge on any atom is 0.126 e. The number of rotatable bonds is 5. The summed E-state index contributed by atoms with van der Waals surface area (Å²) in [6.07, 6.45) is 7.47. The highest BCUT2D eigenvalue weighted by Gasteiger charge is 2.19. The van der Waals surface area contributed by atoms with E-state index in [1.807, 2.05) is 24.3 Å². The summed E-state index contributed by atoms with van der Waals surface area (Å²) in [6, 6.07) is 16.4. The van der Waals surface area contributed by atoms with Gasteiger partial charge in [-0.25, -0.2) is 0 Å².